The highest BCUT2D eigenvalue weighted by Crippen LogP contribution is 2.28. The van der Waals surface area contributed by atoms with Crippen molar-refractivity contribution in [1.29, 1.82) is 0 Å². The van der Waals surface area contributed by atoms with Crippen LogP contribution in [0.25, 0.3) is 11.3 Å². The standard InChI is InChI=1S/C27H35N5O3S/c1-17-14-31(15-18(2)35-17)21-9-7-8-20(10-21)24-16-36-25(30-24)11-22(33)12-28-26(34)23-13-29-32(19(23)3)27(4,5)6/h7-10,13,16-18H,11-12,14-15H2,1-6H3,(H,28,34)/t17-,18+. The maximum absolute atomic E-state index is 12.6. The number of hydrogen-bond acceptors (Lipinski definition) is 7. The van der Waals surface area contributed by atoms with Gasteiger partial charge >= 0.3 is 0 Å². The number of nitrogens with one attached hydrogen (secondary N) is 1. The van der Waals surface area contributed by atoms with Crippen molar-refractivity contribution >= 4 is 28.7 Å². The zero-order valence-corrected chi connectivity index (χ0v) is 22.7. The van der Waals surface area contributed by atoms with Crippen LogP contribution in [0.4, 0.5) is 5.69 Å². The molecule has 2 aromatic heterocycles. The number of thiazole rings is 1. The summed E-state index contributed by atoms with van der Waals surface area (Å²) in [6, 6.07) is 8.34. The molecule has 192 valence electrons. The number of benzene rings is 1. The number of morpholine rings is 1. The summed E-state index contributed by atoms with van der Waals surface area (Å²) in [5.74, 6) is -0.380. The molecule has 1 aromatic carbocycles. The second kappa shape index (κ2) is 10.5. The van der Waals surface area contributed by atoms with Crippen LogP contribution in [-0.2, 0) is 21.5 Å². The average molecular weight is 510 g/mol. The lowest BCUT2D eigenvalue weighted by Gasteiger charge is -2.37. The SMILES string of the molecule is Cc1c(C(=O)NCC(=O)Cc2nc(-c3cccc(N4C[C@@H](C)O[C@@H](C)C4)c3)cs2)cnn1C(C)(C)C. The van der Waals surface area contributed by atoms with Crippen molar-refractivity contribution in [3.8, 4) is 11.3 Å². The second-order valence-electron chi connectivity index (χ2n) is 10.5. The largest absolute Gasteiger partial charge is 0.372 e. The predicted octanol–water partition coefficient (Wildman–Crippen LogP) is 4.23. The van der Waals surface area contributed by atoms with Crippen LogP contribution in [0, 0.1) is 6.92 Å². The van der Waals surface area contributed by atoms with E-state index in [1.807, 2.05) is 49.9 Å². The molecule has 3 heterocycles. The summed E-state index contributed by atoms with van der Waals surface area (Å²) in [5.41, 5.74) is 4.06. The summed E-state index contributed by atoms with van der Waals surface area (Å²) in [6.45, 7) is 13.8. The first kappa shape index (κ1) is 26.0. The third kappa shape index (κ3) is 6.02. The normalized spacial score (nSPS) is 18.3. The molecular formula is C27H35N5O3S. The van der Waals surface area contributed by atoms with Crippen molar-refractivity contribution in [2.75, 3.05) is 24.5 Å². The zero-order valence-electron chi connectivity index (χ0n) is 21.9. The van der Waals surface area contributed by atoms with Gasteiger partial charge in [0.25, 0.3) is 5.91 Å². The molecule has 3 aromatic rings. The number of ketones is 1. The molecule has 0 radical (unpaired) electrons. The van der Waals surface area contributed by atoms with Gasteiger partial charge in [-0.15, -0.1) is 11.3 Å². The maximum atomic E-state index is 12.6. The smallest absolute Gasteiger partial charge is 0.255 e. The number of nitrogens with zero attached hydrogens (tertiary/aromatic N) is 4. The van der Waals surface area contributed by atoms with E-state index >= 15 is 0 Å². The minimum absolute atomic E-state index is 0.0449. The average Bonchev–Trinajstić information content (AvgIpc) is 3.43. The fraction of sp³-hybridized carbons (Fsp3) is 0.481. The Morgan fingerprint density at radius 1 is 1.19 bits per heavy atom. The number of Topliss-reactive ketones (excluding diaryl/α,β-unsaturated/α-hetero) is 1. The number of carbonyl (C=O) groups excluding carboxylic acids is 2. The fourth-order valence-corrected chi connectivity index (χ4v) is 5.42. The van der Waals surface area contributed by atoms with Gasteiger partial charge in [0.05, 0.1) is 48.2 Å². The van der Waals surface area contributed by atoms with Crippen molar-refractivity contribution in [3.05, 3.63) is 52.1 Å². The highest BCUT2D eigenvalue weighted by molar-refractivity contribution is 7.10. The lowest BCUT2D eigenvalue weighted by atomic mass is 10.1. The Kier molecular flexibility index (Phi) is 7.61. The van der Waals surface area contributed by atoms with E-state index in [0.717, 1.165) is 40.7 Å². The lowest BCUT2D eigenvalue weighted by molar-refractivity contribution is -0.117. The third-order valence-electron chi connectivity index (χ3n) is 6.16. The topological polar surface area (TPSA) is 89.3 Å². The number of rotatable bonds is 7. The van der Waals surface area contributed by atoms with Crippen LogP contribution in [0.2, 0.25) is 0 Å². The van der Waals surface area contributed by atoms with Crippen molar-refractivity contribution in [3.63, 3.8) is 0 Å². The number of aromatic nitrogens is 3. The Hall–Kier alpha value is -3.04. The Balaban J connectivity index is 1.35. The van der Waals surface area contributed by atoms with E-state index in [1.54, 1.807) is 6.20 Å². The van der Waals surface area contributed by atoms with Crippen LogP contribution in [-0.4, -0.2) is 58.3 Å². The molecule has 0 bridgehead atoms. The van der Waals surface area contributed by atoms with Gasteiger partial charge in [-0.25, -0.2) is 4.98 Å². The molecule has 1 amide bonds. The highest BCUT2D eigenvalue weighted by Gasteiger charge is 2.23. The monoisotopic (exact) mass is 509 g/mol. The van der Waals surface area contributed by atoms with Crippen LogP contribution in [0.5, 0.6) is 0 Å². The maximum Gasteiger partial charge on any atom is 0.255 e. The molecular weight excluding hydrogens is 474 g/mol. The number of ether oxygens (including phenoxy) is 1. The first-order valence-corrected chi connectivity index (χ1v) is 13.2. The van der Waals surface area contributed by atoms with Crippen molar-refractivity contribution in [1.82, 2.24) is 20.1 Å². The summed E-state index contributed by atoms with van der Waals surface area (Å²) in [6.07, 6.45) is 2.12. The quantitative estimate of drug-likeness (QED) is 0.513. The van der Waals surface area contributed by atoms with Crippen molar-refractivity contribution in [2.24, 2.45) is 0 Å². The van der Waals surface area contributed by atoms with E-state index < -0.39 is 0 Å². The molecule has 0 aliphatic carbocycles. The summed E-state index contributed by atoms with van der Waals surface area (Å²) in [5, 5.41) is 9.78. The van der Waals surface area contributed by atoms with Crippen LogP contribution in [0.1, 0.15) is 55.7 Å². The molecule has 0 spiro atoms. The molecule has 1 fully saturated rings. The first-order chi connectivity index (χ1) is 17.0. The fourth-order valence-electron chi connectivity index (χ4n) is 4.59. The highest BCUT2D eigenvalue weighted by atomic mass is 32.1. The van der Waals surface area contributed by atoms with E-state index in [0.29, 0.717) is 5.56 Å². The van der Waals surface area contributed by atoms with Gasteiger partial charge in [0, 0.05) is 35.4 Å². The Morgan fingerprint density at radius 3 is 2.58 bits per heavy atom. The van der Waals surface area contributed by atoms with Gasteiger partial charge in [0.15, 0.2) is 5.78 Å². The minimum Gasteiger partial charge on any atom is -0.372 e. The van der Waals surface area contributed by atoms with Gasteiger partial charge in [-0.05, 0) is 53.7 Å². The molecule has 2 atom stereocenters. The molecule has 36 heavy (non-hydrogen) atoms. The number of hydrogen-bond donors (Lipinski definition) is 1. The number of carbonyl (C=O) groups is 2. The number of anilines is 1. The van der Waals surface area contributed by atoms with Gasteiger partial charge in [0.2, 0.25) is 0 Å². The Labute approximate surface area is 216 Å². The van der Waals surface area contributed by atoms with E-state index in [1.165, 1.54) is 11.3 Å². The molecule has 1 saturated heterocycles. The van der Waals surface area contributed by atoms with E-state index in [-0.39, 0.29) is 42.4 Å². The van der Waals surface area contributed by atoms with Crippen LogP contribution in [0.3, 0.4) is 0 Å². The summed E-state index contributed by atoms with van der Waals surface area (Å²) in [4.78, 5) is 32.2. The van der Waals surface area contributed by atoms with Crippen molar-refractivity contribution < 1.29 is 14.3 Å². The Morgan fingerprint density at radius 2 is 1.92 bits per heavy atom. The molecule has 1 aliphatic heterocycles. The third-order valence-corrected chi connectivity index (χ3v) is 7.01. The van der Waals surface area contributed by atoms with E-state index in [4.69, 9.17) is 9.72 Å². The molecule has 0 unspecified atom stereocenters. The van der Waals surface area contributed by atoms with Crippen molar-refractivity contribution in [2.45, 2.75) is 65.7 Å². The predicted molar refractivity (Wildman–Crippen MR) is 143 cm³/mol. The molecule has 1 N–H and O–H groups in total. The van der Waals surface area contributed by atoms with Gasteiger partial charge < -0.3 is 15.0 Å². The zero-order chi connectivity index (χ0) is 26.0. The van der Waals surface area contributed by atoms with Crippen LogP contribution < -0.4 is 10.2 Å². The first-order valence-electron chi connectivity index (χ1n) is 12.3. The molecule has 1 aliphatic rings. The van der Waals surface area contributed by atoms with Gasteiger partial charge in [0.1, 0.15) is 5.01 Å². The second-order valence-corrected chi connectivity index (χ2v) is 11.4. The Bertz CT molecular complexity index is 1230. The van der Waals surface area contributed by atoms with Crippen LogP contribution in [0.15, 0.2) is 35.8 Å². The van der Waals surface area contributed by atoms with E-state index in [9.17, 15) is 9.59 Å². The minimum atomic E-state index is -0.292. The van der Waals surface area contributed by atoms with Crippen LogP contribution >= 0.6 is 11.3 Å². The molecule has 9 heteroatoms. The summed E-state index contributed by atoms with van der Waals surface area (Å²) in [7, 11) is 0. The van der Waals surface area contributed by atoms with Gasteiger partial charge in [-0.2, -0.15) is 5.10 Å². The van der Waals surface area contributed by atoms with E-state index in [2.05, 4.69) is 41.3 Å². The van der Waals surface area contributed by atoms with Gasteiger partial charge in [-0.1, -0.05) is 12.1 Å². The summed E-state index contributed by atoms with van der Waals surface area (Å²) >= 11 is 1.46. The number of amides is 1. The van der Waals surface area contributed by atoms with Gasteiger partial charge in [-0.3, -0.25) is 14.3 Å². The molecule has 4 rings (SSSR count). The molecule has 8 nitrogen and oxygen atoms in total. The summed E-state index contributed by atoms with van der Waals surface area (Å²) < 4.78 is 7.67. The lowest BCUT2D eigenvalue weighted by Crippen LogP contribution is -2.45. The molecule has 0 saturated carbocycles.